The summed E-state index contributed by atoms with van der Waals surface area (Å²) in [5, 5.41) is 27.6. The van der Waals surface area contributed by atoms with E-state index in [1.807, 2.05) is 0 Å². The van der Waals surface area contributed by atoms with Crippen molar-refractivity contribution in [1.82, 2.24) is 0 Å². The lowest BCUT2D eigenvalue weighted by Crippen LogP contribution is -2.54. The first-order valence-corrected chi connectivity index (χ1v) is 3.94. The molecule has 0 bridgehead atoms. The third-order valence-corrected chi connectivity index (χ3v) is 1.80. The van der Waals surface area contributed by atoms with Crippen molar-refractivity contribution in [3.8, 4) is 0 Å². The van der Waals surface area contributed by atoms with Gasteiger partial charge < -0.3 is 24.8 Å². The molecular formula is C7H14O5. The zero-order valence-corrected chi connectivity index (χ0v) is 6.88. The summed E-state index contributed by atoms with van der Waals surface area (Å²) < 4.78 is 9.69. The van der Waals surface area contributed by atoms with Crippen LogP contribution in [0.4, 0.5) is 0 Å². The molecule has 1 aliphatic heterocycles. The van der Waals surface area contributed by atoms with Gasteiger partial charge in [-0.15, -0.1) is 0 Å². The molecule has 0 aromatic carbocycles. The Morgan fingerprint density at radius 1 is 1.42 bits per heavy atom. The van der Waals surface area contributed by atoms with Crippen LogP contribution in [0.15, 0.2) is 0 Å². The van der Waals surface area contributed by atoms with Gasteiger partial charge in [0.2, 0.25) is 0 Å². The first kappa shape index (κ1) is 9.88. The van der Waals surface area contributed by atoms with Crippen LogP contribution < -0.4 is 0 Å². The molecule has 5 heteroatoms. The summed E-state index contributed by atoms with van der Waals surface area (Å²) in [5.41, 5.74) is 0. The molecule has 12 heavy (non-hydrogen) atoms. The van der Waals surface area contributed by atoms with Crippen molar-refractivity contribution in [2.24, 2.45) is 0 Å². The fourth-order valence-electron chi connectivity index (χ4n) is 1.18. The minimum atomic E-state index is -1.26. The van der Waals surface area contributed by atoms with Crippen molar-refractivity contribution in [2.45, 2.75) is 31.5 Å². The molecule has 1 unspecified atom stereocenters. The largest absolute Gasteiger partial charge is 0.388 e. The van der Waals surface area contributed by atoms with E-state index < -0.39 is 24.6 Å². The van der Waals surface area contributed by atoms with Crippen LogP contribution in [0.5, 0.6) is 0 Å². The van der Waals surface area contributed by atoms with Crippen molar-refractivity contribution in [2.75, 3.05) is 13.2 Å². The fourth-order valence-corrected chi connectivity index (χ4v) is 1.18. The predicted octanol–water partition coefficient (Wildman–Crippen LogP) is -1.54. The van der Waals surface area contributed by atoms with Gasteiger partial charge in [0, 0.05) is 6.61 Å². The highest BCUT2D eigenvalue weighted by molar-refractivity contribution is 4.83. The Morgan fingerprint density at radius 2 is 2.08 bits per heavy atom. The molecule has 0 spiro atoms. The van der Waals surface area contributed by atoms with E-state index in [-0.39, 0.29) is 6.61 Å². The van der Waals surface area contributed by atoms with Gasteiger partial charge in [0.05, 0.1) is 6.61 Å². The minimum Gasteiger partial charge on any atom is -0.388 e. The van der Waals surface area contributed by atoms with Crippen LogP contribution in [-0.4, -0.2) is 53.1 Å². The Labute approximate surface area is 70.5 Å². The molecule has 0 aromatic rings. The summed E-state index contributed by atoms with van der Waals surface area (Å²) in [5.74, 6) is 0. The minimum absolute atomic E-state index is 0.0110. The van der Waals surface area contributed by atoms with Crippen LogP contribution >= 0.6 is 0 Å². The normalized spacial score (nSPS) is 43.0. The van der Waals surface area contributed by atoms with Gasteiger partial charge >= 0.3 is 0 Å². The van der Waals surface area contributed by atoms with Crippen molar-refractivity contribution < 1.29 is 24.8 Å². The summed E-state index contributed by atoms with van der Waals surface area (Å²) in [6.45, 7) is 2.12. The average Bonchev–Trinajstić information content (AvgIpc) is 2.06. The van der Waals surface area contributed by atoms with E-state index in [0.29, 0.717) is 6.61 Å². The van der Waals surface area contributed by atoms with Gasteiger partial charge in [-0.2, -0.15) is 0 Å². The Morgan fingerprint density at radius 3 is 2.67 bits per heavy atom. The zero-order chi connectivity index (χ0) is 9.14. The van der Waals surface area contributed by atoms with Crippen LogP contribution in [0, 0.1) is 0 Å². The van der Waals surface area contributed by atoms with Crippen LogP contribution in [0.25, 0.3) is 0 Å². The maximum atomic E-state index is 9.28. The molecule has 1 saturated heterocycles. The topological polar surface area (TPSA) is 79.2 Å². The van der Waals surface area contributed by atoms with Gasteiger partial charge in [-0.05, 0) is 6.92 Å². The van der Waals surface area contributed by atoms with Crippen molar-refractivity contribution in [3.05, 3.63) is 0 Å². The highest BCUT2D eigenvalue weighted by Crippen LogP contribution is 2.16. The summed E-state index contributed by atoms with van der Waals surface area (Å²) in [7, 11) is 0. The molecule has 0 aromatic heterocycles. The molecule has 72 valence electrons. The number of aliphatic hydroxyl groups excluding tert-OH is 3. The van der Waals surface area contributed by atoms with E-state index in [2.05, 4.69) is 4.74 Å². The maximum absolute atomic E-state index is 9.28. The first-order chi connectivity index (χ1) is 5.66. The molecule has 0 saturated carbocycles. The van der Waals surface area contributed by atoms with Gasteiger partial charge in [0.25, 0.3) is 0 Å². The van der Waals surface area contributed by atoms with Crippen LogP contribution in [0.3, 0.4) is 0 Å². The lowest BCUT2D eigenvalue weighted by molar-refractivity contribution is -0.261. The number of hydrogen-bond donors (Lipinski definition) is 3. The Kier molecular flexibility index (Phi) is 3.42. The molecule has 1 fully saturated rings. The average molecular weight is 178 g/mol. The molecular weight excluding hydrogens is 164 g/mol. The number of hydrogen-bond acceptors (Lipinski definition) is 5. The molecule has 0 aliphatic carbocycles. The molecule has 0 amide bonds. The van der Waals surface area contributed by atoms with E-state index in [9.17, 15) is 10.2 Å². The molecule has 1 aliphatic rings. The van der Waals surface area contributed by atoms with Crippen molar-refractivity contribution >= 4 is 0 Å². The van der Waals surface area contributed by atoms with Gasteiger partial charge in [-0.3, -0.25) is 0 Å². The lowest BCUT2D eigenvalue weighted by Gasteiger charge is -2.34. The second-order valence-corrected chi connectivity index (χ2v) is 2.70. The highest BCUT2D eigenvalue weighted by Gasteiger charge is 2.38. The fraction of sp³-hybridized carbons (Fsp3) is 1.00. The number of aliphatic hydroxyl groups is 3. The Balaban J connectivity index is 2.52. The zero-order valence-electron chi connectivity index (χ0n) is 6.88. The molecule has 4 atom stereocenters. The second-order valence-electron chi connectivity index (χ2n) is 2.70. The summed E-state index contributed by atoms with van der Waals surface area (Å²) in [6, 6.07) is 0. The van der Waals surface area contributed by atoms with E-state index in [0.717, 1.165) is 0 Å². The SMILES string of the molecule is CCO[C@H]1[C@H](O)COC(O)[C@@H]1O. The van der Waals surface area contributed by atoms with Gasteiger partial charge in [-0.1, -0.05) is 0 Å². The van der Waals surface area contributed by atoms with Gasteiger partial charge in [0.1, 0.15) is 18.3 Å². The van der Waals surface area contributed by atoms with E-state index in [1.165, 1.54) is 0 Å². The number of ether oxygens (including phenoxy) is 2. The summed E-state index contributed by atoms with van der Waals surface area (Å²) >= 11 is 0. The lowest BCUT2D eigenvalue weighted by atomic mass is 10.1. The van der Waals surface area contributed by atoms with Crippen LogP contribution in [0.1, 0.15) is 6.92 Å². The van der Waals surface area contributed by atoms with Crippen LogP contribution in [-0.2, 0) is 9.47 Å². The molecule has 0 radical (unpaired) electrons. The third-order valence-electron chi connectivity index (χ3n) is 1.80. The quantitative estimate of drug-likeness (QED) is 0.477. The second kappa shape index (κ2) is 4.15. The highest BCUT2D eigenvalue weighted by atomic mass is 16.6. The monoisotopic (exact) mass is 178 g/mol. The number of rotatable bonds is 2. The predicted molar refractivity (Wildman–Crippen MR) is 39.4 cm³/mol. The Hall–Kier alpha value is -0.200. The third kappa shape index (κ3) is 1.94. The van der Waals surface area contributed by atoms with Crippen molar-refractivity contribution in [1.29, 1.82) is 0 Å². The molecule has 5 nitrogen and oxygen atoms in total. The summed E-state index contributed by atoms with van der Waals surface area (Å²) in [4.78, 5) is 0. The molecule has 1 heterocycles. The smallest absolute Gasteiger partial charge is 0.183 e. The van der Waals surface area contributed by atoms with Gasteiger partial charge in [-0.25, -0.2) is 0 Å². The molecule has 3 N–H and O–H groups in total. The van der Waals surface area contributed by atoms with E-state index in [1.54, 1.807) is 6.92 Å². The standard InChI is InChI=1S/C7H14O5/c1-2-11-6-4(8)3-12-7(10)5(6)9/h4-10H,2-3H2,1H3/t4-,5-,6+,7?/m1/s1. The van der Waals surface area contributed by atoms with Crippen molar-refractivity contribution in [3.63, 3.8) is 0 Å². The molecule has 1 rings (SSSR count). The Bertz CT molecular complexity index is 140. The van der Waals surface area contributed by atoms with E-state index >= 15 is 0 Å². The first-order valence-electron chi connectivity index (χ1n) is 3.94. The van der Waals surface area contributed by atoms with Crippen LogP contribution in [0.2, 0.25) is 0 Å². The van der Waals surface area contributed by atoms with Gasteiger partial charge in [0.15, 0.2) is 6.29 Å². The van der Waals surface area contributed by atoms with E-state index in [4.69, 9.17) is 9.84 Å². The maximum Gasteiger partial charge on any atom is 0.183 e. The summed E-state index contributed by atoms with van der Waals surface area (Å²) in [6.07, 6.45) is -4.05.